The van der Waals surface area contributed by atoms with Crippen LogP contribution in [0.3, 0.4) is 0 Å². The number of rotatable bonds is 9. The van der Waals surface area contributed by atoms with Gasteiger partial charge >= 0.3 is 5.97 Å². The van der Waals surface area contributed by atoms with Gasteiger partial charge in [0.15, 0.2) is 0 Å². The van der Waals surface area contributed by atoms with Gasteiger partial charge in [-0.05, 0) is 36.6 Å². The number of fused-ring (bicyclic) bond motifs is 1. The Hall–Kier alpha value is -3.59. The molecule has 0 aliphatic carbocycles. The van der Waals surface area contributed by atoms with E-state index in [9.17, 15) is 10.1 Å². The van der Waals surface area contributed by atoms with Crippen molar-refractivity contribution in [3.05, 3.63) is 71.1 Å². The van der Waals surface area contributed by atoms with E-state index >= 15 is 0 Å². The van der Waals surface area contributed by atoms with Gasteiger partial charge in [0.2, 0.25) is 5.88 Å². The monoisotopic (exact) mass is 403 g/mol. The van der Waals surface area contributed by atoms with E-state index in [2.05, 4.69) is 11.9 Å². The molecule has 0 fully saturated rings. The zero-order chi connectivity index (χ0) is 21.3. The number of unbranched alkanes of at least 4 members (excludes halogenated alkanes) is 2. The third-order valence-electron chi connectivity index (χ3n) is 4.67. The molecule has 0 unspecified atom stereocenters. The Morgan fingerprint density at radius 3 is 2.73 bits per heavy atom. The summed E-state index contributed by atoms with van der Waals surface area (Å²) >= 11 is 0. The lowest BCUT2D eigenvalue weighted by Crippen LogP contribution is -2.07. The number of aryl methyl sites for hydroxylation is 1. The summed E-state index contributed by atoms with van der Waals surface area (Å²) in [5.41, 5.74) is 3.00. The smallest absolute Gasteiger partial charge is 0.349 e. The summed E-state index contributed by atoms with van der Waals surface area (Å²) in [5.74, 6) is -0.273. The molecule has 0 radical (unpaired) electrons. The molecule has 0 saturated carbocycles. The average Bonchev–Trinajstić information content (AvgIpc) is 3.12. The normalized spacial score (nSPS) is 11.3. The minimum absolute atomic E-state index is 0.103. The first-order chi connectivity index (χ1) is 14.6. The van der Waals surface area contributed by atoms with Crippen molar-refractivity contribution in [3.8, 4) is 11.9 Å². The first kappa shape index (κ1) is 21.1. The molecule has 1 aromatic carbocycles. The topological polar surface area (TPSA) is 76.6 Å². The van der Waals surface area contributed by atoms with Gasteiger partial charge in [0, 0.05) is 6.20 Å². The molecule has 30 heavy (non-hydrogen) atoms. The summed E-state index contributed by atoms with van der Waals surface area (Å²) in [6.45, 7) is 4.71. The van der Waals surface area contributed by atoms with Crippen LogP contribution in [0.4, 0.5) is 0 Å². The van der Waals surface area contributed by atoms with Gasteiger partial charge in [0.1, 0.15) is 29.6 Å². The number of imidazole rings is 1. The van der Waals surface area contributed by atoms with Crippen molar-refractivity contribution < 1.29 is 14.3 Å². The summed E-state index contributed by atoms with van der Waals surface area (Å²) in [6.07, 6.45) is 6.39. The van der Waals surface area contributed by atoms with Gasteiger partial charge in [-0.1, -0.05) is 56.2 Å². The van der Waals surface area contributed by atoms with E-state index in [1.54, 1.807) is 0 Å². The van der Waals surface area contributed by atoms with Crippen LogP contribution in [-0.2, 0) is 16.1 Å². The highest BCUT2D eigenvalue weighted by Crippen LogP contribution is 2.25. The number of hydrogen-bond acceptors (Lipinski definition) is 5. The molecule has 2 heterocycles. The zero-order valence-corrected chi connectivity index (χ0v) is 17.3. The SMILES string of the molecule is CCCCCOc1nc2c(C)cccn2c1C=C(C#N)C(=O)OCc1ccccc1. The van der Waals surface area contributed by atoms with E-state index in [-0.39, 0.29) is 12.2 Å². The van der Waals surface area contributed by atoms with Crippen LogP contribution in [0.15, 0.2) is 54.2 Å². The molecule has 6 heteroatoms. The maximum atomic E-state index is 12.5. The number of benzene rings is 1. The Morgan fingerprint density at radius 2 is 2.00 bits per heavy atom. The quantitative estimate of drug-likeness (QED) is 0.221. The van der Waals surface area contributed by atoms with Gasteiger partial charge in [-0.15, -0.1) is 0 Å². The van der Waals surface area contributed by atoms with Crippen LogP contribution in [0.2, 0.25) is 0 Å². The van der Waals surface area contributed by atoms with Crippen molar-refractivity contribution in [2.45, 2.75) is 39.7 Å². The Morgan fingerprint density at radius 1 is 1.20 bits per heavy atom. The maximum Gasteiger partial charge on any atom is 0.349 e. The predicted octanol–water partition coefficient (Wildman–Crippen LogP) is 4.86. The van der Waals surface area contributed by atoms with Crippen LogP contribution in [0.5, 0.6) is 5.88 Å². The van der Waals surface area contributed by atoms with Crippen LogP contribution >= 0.6 is 0 Å². The molecular weight excluding hydrogens is 378 g/mol. The van der Waals surface area contributed by atoms with E-state index < -0.39 is 5.97 Å². The van der Waals surface area contributed by atoms with Crippen molar-refractivity contribution in [2.75, 3.05) is 6.61 Å². The molecule has 0 spiro atoms. The average molecular weight is 403 g/mol. The van der Waals surface area contributed by atoms with E-state index in [4.69, 9.17) is 9.47 Å². The van der Waals surface area contributed by atoms with E-state index in [1.807, 2.05) is 66.1 Å². The van der Waals surface area contributed by atoms with Crippen LogP contribution in [0, 0.1) is 18.3 Å². The van der Waals surface area contributed by atoms with Crippen LogP contribution in [0.25, 0.3) is 11.7 Å². The van der Waals surface area contributed by atoms with E-state index in [0.29, 0.717) is 18.2 Å². The highest BCUT2D eigenvalue weighted by molar-refractivity contribution is 5.98. The molecule has 3 aromatic rings. The second-order valence-corrected chi connectivity index (χ2v) is 6.97. The number of pyridine rings is 1. The number of nitriles is 1. The maximum absolute atomic E-state index is 12.5. The minimum atomic E-state index is -0.680. The molecule has 6 nitrogen and oxygen atoms in total. The lowest BCUT2D eigenvalue weighted by Gasteiger charge is -2.06. The molecule has 0 bridgehead atoms. The van der Waals surface area contributed by atoms with Crippen molar-refractivity contribution in [3.63, 3.8) is 0 Å². The molecule has 0 atom stereocenters. The van der Waals surface area contributed by atoms with Gasteiger partial charge in [0.25, 0.3) is 0 Å². The fourth-order valence-corrected chi connectivity index (χ4v) is 3.03. The van der Waals surface area contributed by atoms with Crippen molar-refractivity contribution in [1.82, 2.24) is 9.38 Å². The number of nitrogens with zero attached hydrogens (tertiary/aromatic N) is 3. The Balaban J connectivity index is 1.88. The van der Waals surface area contributed by atoms with Crippen LogP contribution in [-0.4, -0.2) is 22.0 Å². The van der Waals surface area contributed by atoms with E-state index in [1.165, 1.54) is 6.08 Å². The van der Waals surface area contributed by atoms with Crippen LogP contribution in [0.1, 0.15) is 43.0 Å². The number of aromatic nitrogens is 2. The highest BCUT2D eigenvalue weighted by Gasteiger charge is 2.18. The van der Waals surface area contributed by atoms with Crippen molar-refractivity contribution >= 4 is 17.7 Å². The minimum Gasteiger partial charge on any atom is -0.476 e. The summed E-state index contributed by atoms with van der Waals surface area (Å²) in [6, 6.07) is 15.1. The number of carbonyl (C=O) groups is 1. The molecule has 0 N–H and O–H groups in total. The molecule has 3 rings (SSSR count). The Bertz CT molecular complexity index is 1080. The molecular formula is C24H25N3O3. The standard InChI is InChI=1S/C24H25N3O3/c1-3-4-8-14-29-23-21(27-13-9-10-18(2)22(27)26-23)15-20(16-25)24(28)30-17-19-11-6-5-7-12-19/h5-7,9-13,15H,3-4,8,14,17H2,1-2H3. The summed E-state index contributed by atoms with van der Waals surface area (Å²) in [5, 5.41) is 9.57. The second-order valence-electron chi connectivity index (χ2n) is 6.97. The van der Waals surface area contributed by atoms with E-state index in [0.717, 1.165) is 36.0 Å². The molecule has 2 aromatic heterocycles. The molecule has 0 amide bonds. The zero-order valence-electron chi connectivity index (χ0n) is 17.3. The summed E-state index contributed by atoms with van der Waals surface area (Å²) < 4.78 is 13.0. The number of ether oxygens (including phenoxy) is 2. The number of hydrogen-bond donors (Lipinski definition) is 0. The van der Waals surface area contributed by atoms with Gasteiger partial charge in [-0.3, -0.25) is 4.40 Å². The van der Waals surface area contributed by atoms with Crippen LogP contribution < -0.4 is 4.74 Å². The second kappa shape index (κ2) is 10.3. The fraction of sp³-hybridized carbons (Fsp3) is 0.292. The van der Waals surface area contributed by atoms with Crippen molar-refractivity contribution in [2.24, 2.45) is 0 Å². The van der Waals surface area contributed by atoms with Gasteiger partial charge in [-0.2, -0.15) is 10.2 Å². The summed E-state index contributed by atoms with van der Waals surface area (Å²) in [4.78, 5) is 17.1. The first-order valence-corrected chi connectivity index (χ1v) is 10.1. The molecule has 0 saturated heterocycles. The fourth-order valence-electron chi connectivity index (χ4n) is 3.03. The molecule has 0 aliphatic rings. The third kappa shape index (κ3) is 5.06. The van der Waals surface area contributed by atoms with Crippen molar-refractivity contribution in [1.29, 1.82) is 5.26 Å². The lowest BCUT2D eigenvalue weighted by atomic mass is 10.2. The van der Waals surface area contributed by atoms with Gasteiger partial charge in [0.05, 0.1) is 6.61 Å². The molecule has 154 valence electrons. The Labute approximate surface area is 176 Å². The van der Waals surface area contributed by atoms with Gasteiger partial charge < -0.3 is 9.47 Å². The predicted molar refractivity (Wildman–Crippen MR) is 115 cm³/mol. The van der Waals surface area contributed by atoms with Gasteiger partial charge in [-0.25, -0.2) is 4.79 Å². The highest BCUT2D eigenvalue weighted by atomic mass is 16.5. The lowest BCUT2D eigenvalue weighted by molar-refractivity contribution is -0.139. The molecule has 0 aliphatic heterocycles. The first-order valence-electron chi connectivity index (χ1n) is 10.1. The third-order valence-corrected chi connectivity index (χ3v) is 4.67. The Kier molecular flexibility index (Phi) is 7.23. The number of esters is 1. The largest absolute Gasteiger partial charge is 0.476 e. The number of carbonyl (C=O) groups excluding carboxylic acids is 1. The summed E-state index contributed by atoms with van der Waals surface area (Å²) in [7, 11) is 0.